The van der Waals surface area contributed by atoms with Gasteiger partial charge in [0.15, 0.2) is 5.75 Å². The van der Waals surface area contributed by atoms with E-state index in [2.05, 4.69) is 27.6 Å². The zero-order valence-corrected chi connectivity index (χ0v) is 9.19. The fourth-order valence-electron chi connectivity index (χ4n) is 1.27. The summed E-state index contributed by atoms with van der Waals surface area (Å²) in [4.78, 5) is 4.04. The molecule has 0 aliphatic carbocycles. The third-order valence-electron chi connectivity index (χ3n) is 1.94. The van der Waals surface area contributed by atoms with E-state index in [1.165, 1.54) is 0 Å². The predicted molar refractivity (Wildman–Crippen MR) is 60.8 cm³/mol. The monoisotopic (exact) mass is 296 g/mol. The molecule has 1 aromatic heterocycles. The van der Waals surface area contributed by atoms with Crippen LogP contribution in [0.3, 0.4) is 0 Å². The zero-order valence-electron chi connectivity index (χ0n) is 7.03. The van der Waals surface area contributed by atoms with Crippen molar-refractivity contribution in [2.24, 2.45) is 0 Å². The first kappa shape index (κ1) is 9.21. The smallest absolute Gasteiger partial charge is 0.159 e. The van der Waals surface area contributed by atoms with Crippen LogP contribution in [0.1, 0.15) is 5.56 Å². The third kappa shape index (κ3) is 1.30. The van der Waals surface area contributed by atoms with E-state index in [1.807, 2.05) is 12.1 Å². The van der Waals surface area contributed by atoms with E-state index in [-0.39, 0.29) is 11.3 Å². The van der Waals surface area contributed by atoms with Crippen LogP contribution in [0.4, 0.5) is 0 Å². The molecule has 1 heterocycles. The highest BCUT2D eigenvalue weighted by molar-refractivity contribution is 14.1. The van der Waals surface area contributed by atoms with Gasteiger partial charge in [0.05, 0.1) is 5.56 Å². The second-order valence-corrected chi connectivity index (χ2v) is 3.93. The van der Waals surface area contributed by atoms with Crippen LogP contribution < -0.4 is 0 Å². The van der Waals surface area contributed by atoms with Crippen LogP contribution in [0.5, 0.6) is 5.75 Å². The minimum absolute atomic E-state index is 0.0384. The molecule has 0 radical (unpaired) electrons. The molecule has 1 N–H and O–H groups in total. The lowest BCUT2D eigenvalue weighted by Crippen LogP contribution is -1.86. The second kappa shape index (κ2) is 3.42. The predicted octanol–water partition coefficient (Wildman–Crippen LogP) is 2.42. The summed E-state index contributed by atoms with van der Waals surface area (Å²) in [6.45, 7) is 0. The lowest BCUT2D eigenvalue weighted by molar-refractivity contribution is 0.478. The first-order valence-corrected chi connectivity index (χ1v) is 4.98. The van der Waals surface area contributed by atoms with Gasteiger partial charge in [-0.25, -0.2) is 0 Å². The SMILES string of the molecule is N#Cc1cc(I)c2cccnc2c1O. The van der Waals surface area contributed by atoms with Crippen molar-refractivity contribution in [3.05, 3.63) is 33.5 Å². The summed E-state index contributed by atoms with van der Waals surface area (Å²) in [7, 11) is 0. The fraction of sp³-hybridized carbons (Fsp3) is 0. The third-order valence-corrected chi connectivity index (χ3v) is 2.83. The lowest BCUT2D eigenvalue weighted by Gasteiger charge is -2.03. The quantitative estimate of drug-likeness (QED) is 0.760. The Bertz CT molecular complexity index is 546. The highest BCUT2D eigenvalue weighted by Gasteiger charge is 2.09. The molecule has 0 saturated carbocycles. The van der Waals surface area contributed by atoms with E-state index < -0.39 is 0 Å². The molecule has 3 nitrogen and oxygen atoms in total. The maximum absolute atomic E-state index is 9.69. The molecule has 2 aromatic rings. The van der Waals surface area contributed by atoms with Gasteiger partial charge in [-0.15, -0.1) is 0 Å². The van der Waals surface area contributed by atoms with Crippen molar-refractivity contribution < 1.29 is 5.11 Å². The summed E-state index contributed by atoms with van der Waals surface area (Å²) in [5.74, 6) is -0.0384. The Hall–Kier alpha value is -1.35. The van der Waals surface area contributed by atoms with Gasteiger partial charge in [-0.3, -0.25) is 4.98 Å². The average Bonchev–Trinajstić information content (AvgIpc) is 2.23. The Morgan fingerprint density at radius 1 is 1.50 bits per heavy atom. The van der Waals surface area contributed by atoms with Crippen LogP contribution in [0.2, 0.25) is 0 Å². The number of phenols is 1. The minimum atomic E-state index is -0.0384. The maximum atomic E-state index is 9.69. The highest BCUT2D eigenvalue weighted by atomic mass is 127. The van der Waals surface area contributed by atoms with Crippen molar-refractivity contribution in [1.82, 2.24) is 4.98 Å². The van der Waals surface area contributed by atoms with Crippen LogP contribution in [0, 0.1) is 14.9 Å². The Balaban J connectivity index is 2.96. The maximum Gasteiger partial charge on any atom is 0.159 e. The summed E-state index contributed by atoms with van der Waals surface area (Å²) in [6, 6.07) is 7.25. The molecule has 0 spiro atoms. The molecule has 0 atom stereocenters. The van der Waals surface area contributed by atoms with Crippen molar-refractivity contribution in [2.75, 3.05) is 0 Å². The first-order valence-electron chi connectivity index (χ1n) is 3.90. The average molecular weight is 296 g/mol. The molecule has 68 valence electrons. The van der Waals surface area contributed by atoms with E-state index in [1.54, 1.807) is 18.3 Å². The minimum Gasteiger partial charge on any atom is -0.504 e. The fourth-order valence-corrected chi connectivity index (χ4v) is 2.02. The summed E-state index contributed by atoms with van der Waals surface area (Å²) in [5, 5.41) is 19.3. The highest BCUT2D eigenvalue weighted by Crippen LogP contribution is 2.30. The van der Waals surface area contributed by atoms with Crippen molar-refractivity contribution in [3.63, 3.8) is 0 Å². The number of aromatic nitrogens is 1. The van der Waals surface area contributed by atoms with Crippen LogP contribution >= 0.6 is 22.6 Å². The normalized spacial score (nSPS) is 10.0. The molecule has 0 unspecified atom stereocenters. The van der Waals surface area contributed by atoms with Gasteiger partial charge in [-0.2, -0.15) is 5.26 Å². The van der Waals surface area contributed by atoms with Gasteiger partial charge < -0.3 is 5.11 Å². The van der Waals surface area contributed by atoms with E-state index in [9.17, 15) is 5.11 Å². The van der Waals surface area contributed by atoms with Gasteiger partial charge in [0.1, 0.15) is 11.6 Å². The number of nitriles is 1. The number of hydrogen-bond acceptors (Lipinski definition) is 3. The molecule has 4 heteroatoms. The van der Waals surface area contributed by atoms with Crippen LogP contribution in [0.25, 0.3) is 10.9 Å². The van der Waals surface area contributed by atoms with Gasteiger partial charge in [0.2, 0.25) is 0 Å². The standard InChI is InChI=1S/C10H5IN2O/c11-8-4-6(5-12)10(14)9-7(8)2-1-3-13-9/h1-4,14H. The number of rotatable bonds is 0. The molecular formula is C10H5IN2O. The Morgan fingerprint density at radius 3 is 3.00 bits per heavy atom. The molecule has 1 aromatic carbocycles. The number of pyridine rings is 1. The number of halogens is 1. The largest absolute Gasteiger partial charge is 0.504 e. The van der Waals surface area contributed by atoms with E-state index in [4.69, 9.17) is 5.26 Å². The molecule has 0 aliphatic rings. The van der Waals surface area contributed by atoms with Gasteiger partial charge in [0.25, 0.3) is 0 Å². The molecule has 0 amide bonds. The molecule has 2 rings (SSSR count). The van der Waals surface area contributed by atoms with E-state index >= 15 is 0 Å². The summed E-state index contributed by atoms with van der Waals surface area (Å²) in [5.41, 5.74) is 0.747. The first-order chi connectivity index (χ1) is 6.74. The molecule has 0 saturated heterocycles. The summed E-state index contributed by atoms with van der Waals surface area (Å²) in [6.07, 6.45) is 1.60. The molecule has 0 aliphatic heterocycles. The lowest BCUT2D eigenvalue weighted by atomic mass is 10.1. The number of nitrogens with zero attached hydrogens (tertiary/aromatic N) is 2. The molecule has 14 heavy (non-hydrogen) atoms. The topological polar surface area (TPSA) is 56.9 Å². The zero-order chi connectivity index (χ0) is 10.1. The second-order valence-electron chi connectivity index (χ2n) is 2.77. The number of aromatic hydroxyl groups is 1. The van der Waals surface area contributed by atoms with Crippen LogP contribution in [-0.4, -0.2) is 10.1 Å². The number of phenolic OH excluding ortho intramolecular Hbond substituents is 1. The van der Waals surface area contributed by atoms with Gasteiger partial charge in [-0.05, 0) is 34.7 Å². The molecule has 0 bridgehead atoms. The molecular weight excluding hydrogens is 291 g/mol. The van der Waals surface area contributed by atoms with Crippen LogP contribution in [0.15, 0.2) is 24.4 Å². The van der Waals surface area contributed by atoms with Gasteiger partial charge in [0, 0.05) is 15.2 Å². The molecule has 0 fully saturated rings. The van der Waals surface area contributed by atoms with E-state index in [0.29, 0.717) is 5.52 Å². The summed E-state index contributed by atoms with van der Waals surface area (Å²) < 4.78 is 0.917. The van der Waals surface area contributed by atoms with Crippen molar-refractivity contribution >= 4 is 33.5 Å². The van der Waals surface area contributed by atoms with Crippen molar-refractivity contribution in [3.8, 4) is 11.8 Å². The van der Waals surface area contributed by atoms with E-state index in [0.717, 1.165) is 8.96 Å². The number of benzene rings is 1. The Morgan fingerprint density at radius 2 is 2.29 bits per heavy atom. The van der Waals surface area contributed by atoms with Crippen LogP contribution in [-0.2, 0) is 0 Å². The Labute approximate surface area is 94.1 Å². The number of fused-ring (bicyclic) bond motifs is 1. The van der Waals surface area contributed by atoms with Gasteiger partial charge in [-0.1, -0.05) is 6.07 Å². The van der Waals surface area contributed by atoms with Crippen molar-refractivity contribution in [1.29, 1.82) is 5.26 Å². The Kier molecular flexibility index (Phi) is 2.25. The van der Waals surface area contributed by atoms with Crippen molar-refractivity contribution in [2.45, 2.75) is 0 Å². The number of hydrogen-bond donors (Lipinski definition) is 1. The summed E-state index contributed by atoms with van der Waals surface area (Å²) >= 11 is 2.12. The van der Waals surface area contributed by atoms with Gasteiger partial charge >= 0.3 is 0 Å².